The van der Waals surface area contributed by atoms with E-state index in [1.165, 1.54) is 11.1 Å². The minimum atomic E-state index is -3.48. The molecule has 0 spiro atoms. The Bertz CT molecular complexity index is 645. The van der Waals surface area contributed by atoms with Crippen molar-refractivity contribution in [3.63, 3.8) is 0 Å². The van der Waals surface area contributed by atoms with Gasteiger partial charge in [-0.1, -0.05) is 24.3 Å². The van der Waals surface area contributed by atoms with E-state index in [2.05, 4.69) is 17.0 Å². The Balaban J connectivity index is 1.86. The molecule has 1 aromatic rings. The van der Waals surface area contributed by atoms with Crippen LogP contribution in [-0.2, 0) is 20.7 Å². The van der Waals surface area contributed by atoms with Crippen LogP contribution in [0.25, 0.3) is 0 Å². The van der Waals surface area contributed by atoms with Crippen LogP contribution in [0.1, 0.15) is 23.5 Å². The van der Waals surface area contributed by atoms with Crippen molar-refractivity contribution < 1.29 is 17.7 Å². The smallest absolute Gasteiger partial charge is 0.264 e. The predicted molar refractivity (Wildman–Crippen MR) is 84.2 cm³/mol. The van der Waals surface area contributed by atoms with Gasteiger partial charge in [-0.15, -0.1) is 0 Å². The third-order valence-corrected chi connectivity index (χ3v) is 5.54. The quantitative estimate of drug-likeness (QED) is 0.839. The Kier molecular flexibility index (Phi) is 4.29. The Morgan fingerprint density at radius 2 is 2.09 bits per heavy atom. The summed E-state index contributed by atoms with van der Waals surface area (Å²) in [5, 5.41) is 10.8. The van der Waals surface area contributed by atoms with Gasteiger partial charge in [-0.2, -0.15) is 8.42 Å². The number of likely N-dealkylation sites (tertiary alicyclic amines) is 1. The van der Waals surface area contributed by atoms with Gasteiger partial charge in [0, 0.05) is 24.4 Å². The summed E-state index contributed by atoms with van der Waals surface area (Å²) < 4.78 is 27.4. The number of aliphatic hydroxyl groups excluding tert-OH is 1. The number of aliphatic hydroxyl groups is 1. The lowest BCUT2D eigenvalue weighted by atomic mass is 9.70. The van der Waals surface area contributed by atoms with Crippen molar-refractivity contribution in [2.24, 2.45) is 5.92 Å². The highest BCUT2D eigenvalue weighted by molar-refractivity contribution is 7.85. The van der Waals surface area contributed by atoms with Crippen LogP contribution in [0.5, 0.6) is 0 Å². The maximum Gasteiger partial charge on any atom is 0.264 e. The van der Waals surface area contributed by atoms with Gasteiger partial charge >= 0.3 is 0 Å². The molecule has 0 bridgehead atoms. The van der Waals surface area contributed by atoms with Crippen molar-refractivity contribution in [1.29, 1.82) is 0 Å². The van der Waals surface area contributed by atoms with Gasteiger partial charge in [0.25, 0.3) is 10.1 Å². The van der Waals surface area contributed by atoms with Crippen molar-refractivity contribution in [3.05, 3.63) is 35.4 Å². The van der Waals surface area contributed by atoms with E-state index in [0.717, 1.165) is 19.1 Å². The summed E-state index contributed by atoms with van der Waals surface area (Å²) in [6.07, 6.45) is 2.52. The van der Waals surface area contributed by atoms with Crippen molar-refractivity contribution in [3.8, 4) is 0 Å². The van der Waals surface area contributed by atoms with E-state index in [0.29, 0.717) is 12.6 Å². The summed E-state index contributed by atoms with van der Waals surface area (Å²) in [6.45, 7) is 0.690. The van der Waals surface area contributed by atoms with Gasteiger partial charge in [0.1, 0.15) is 0 Å². The highest BCUT2D eigenvalue weighted by atomic mass is 32.2. The first-order chi connectivity index (χ1) is 10.4. The SMILES string of the molecule is CN1C[C@H](COS(C)(=O)=O)[C@@H](O)[C@@H]2c3ccccc3CC[C@H]21. The van der Waals surface area contributed by atoms with E-state index < -0.39 is 16.2 Å². The maximum absolute atomic E-state index is 11.2. The van der Waals surface area contributed by atoms with E-state index in [4.69, 9.17) is 4.18 Å². The lowest BCUT2D eigenvalue weighted by Crippen LogP contribution is -2.55. The first kappa shape index (κ1) is 15.9. The average molecular weight is 325 g/mol. The second-order valence-electron chi connectivity index (χ2n) is 6.51. The van der Waals surface area contributed by atoms with Gasteiger partial charge in [0.2, 0.25) is 0 Å². The van der Waals surface area contributed by atoms with Gasteiger partial charge in [0.15, 0.2) is 0 Å². The lowest BCUT2D eigenvalue weighted by Gasteiger charge is -2.49. The highest BCUT2D eigenvalue weighted by Crippen LogP contribution is 2.42. The van der Waals surface area contributed by atoms with Crippen LogP contribution < -0.4 is 0 Å². The molecule has 0 radical (unpaired) electrons. The summed E-state index contributed by atoms with van der Waals surface area (Å²) in [4.78, 5) is 2.24. The van der Waals surface area contributed by atoms with Crippen molar-refractivity contribution >= 4 is 10.1 Å². The Labute approximate surface area is 132 Å². The molecule has 3 rings (SSSR count). The van der Waals surface area contributed by atoms with Crippen molar-refractivity contribution in [2.45, 2.75) is 30.9 Å². The predicted octanol–water partition coefficient (Wildman–Crippen LogP) is 0.984. The molecule has 1 fully saturated rings. The van der Waals surface area contributed by atoms with Gasteiger partial charge in [0.05, 0.1) is 19.0 Å². The van der Waals surface area contributed by atoms with E-state index >= 15 is 0 Å². The fourth-order valence-electron chi connectivity index (χ4n) is 3.95. The number of aryl methyl sites for hydroxylation is 1. The molecular formula is C16H23NO4S. The van der Waals surface area contributed by atoms with Gasteiger partial charge < -0.3 is 10.0 Å². The van der Waals surface area contributed by atoms with Gasteiger partial charge in [-0.05, 0) is 31.0 Å². The number of nitrogens with zero attached hydrogens (tertiary/aromatic N) is 1. The molecule has 6 heteroatoms. The van der Waals surface area contributed by atoms with E-state index in [1.54, 1.807) is 0 Å². The van der Waals surface area contributed by atoms with Crippen LogP contribution in [0.15, 0.2) is 24.3 Å². The first-order valence-electron chi connectivity index (χ1n) is 7.67. The molecule has 0 unspecified atom stereocenters. The molecular weight excluding hydrogens is 302 g/mol. The fourth-order valence-corrected chi connectivity index (χ4v) is 4.37. The van der Waals surface area contributed by atoms with Crippen LogP contribution in [0.2, 0.25) is 0 Å². The number of fused-ring (bicyclic) bond motifs is 3. The second kappa shape index (κ2) is 5.92. The van der Waals surface area contributed by atoms with E-state index in [9.17, 15) is 13.5 Å². The Hall–Kier alpha value is -0.950. The largest absolute Gasteiger partial charge is 0.392 e. The van der Waals surface area contributed by atoms with E-state index in [-0.39, 0.29) is 18.4 Å². The molecule has 4 atom stereocenters. The summed E-state index contributed by atoms with van der Waals surface area (Å²) in [5.74, 6) is -0.177. The maximum atomic E-state index is 11.2. The summed E-state index contributed by atoms with van der Waals surface area (Å²) in [5.41, 5.74) is 2.49. The zero-order chi connectivity index (χ0) is 15.9. The third-order valence-electron chi connectivity index (χ3n) is 4.97. The van der Waals surface area contributed by atoms with Crippen LogP contribution in [0.4, 0.5) is 0 Å². The number of benzene rings is 1. The number of hydrogen-bond acceptors (Lipinski definition) is 5. The molecule has 0 amide bonds. The monoisotopic (exact) mass is 325 g/mol. The number of rotatable bonds is 3. The fraction of sp³-hybridized carbons (Fsp3) is 0.625. The normalized spacial score (nSPS) is 32.3. The molecule has 22 heavy (non-hydrogen) atoms. The van der Waals surface area contributed by atoms with Crippen LogP contribution >= 0.6 is 0 Å². The number of hydrogen-bond donors (Lipinski definition) is 1. The molecule has 0 saturated carbocycles. The third kappa shape index (κ3) is 3.06. The lowest BCUT2D eigenvalue weighted by molar-refractivity contribution is -0.0372. The van der Waals surface area contributed by atoms with Gasteiger partial charge in [-0.25, -0.2) is 0 Å². The molecule has 1 heterocycles. The molecule has 1 saturated heterocycles. The minimum Gasteiger partial charge on any atom is -0.392 e. The molecule has 5 nitrogen and oxygen atoms in total. The van der Waals surface area contributed by atoms with Gasteiger partial charge in [-0.3, -0.25) is 4.18 Å². The molecule has 1 aliphatic carbocycles. The van der Waals surface area contributed by atoms with Crippen LogP contribution in [-0.4, -0.2) is 57.0 Å². The number of likely N-dealkylation sites (N-methyl/N-ethyl adjacent to an activating group) is 1. The highest BCUT2D eigenvalue weighted by Gasteiger charge is 2.44. The minimum absolute atomic E-state index is 0.0249. The molecule has 0 aromatic heterocycles. The second-order valence-corrected chi connectivity index (χ2v) is 8.15. The zero-order valence-electron chi connectivity index (χ0n) is 13.0. The molecule has 1 aliphatic heterocycles. The first-order valence-corrected chi connectivity index (χ1v) is 9.49. The summed E-state index contributed by atoms with van der Waals surface area (Å²) in [6, 6.07) is 8.55. The molecule has 1 aromatic carbocycles. The topological polar surface area (TPSA) is 66.8 Å². The molecule has 2 aliphatic rings. The van der Waals surface area contributed by atoms with Crippen LogP contribution in [0.3, 0.4) is 0 Å². The Morgan fingerprint density at radius 3 is 2.82 bits per heavy atom. The standard InChI is InChI=1S/C16H23NO4S/c1-17-9-12(10-21-22(2,19)20)16(18)15-13-6-4-3-5-11(13)7-8-14(15)17/h3-6,12,14-16,18H,7-10H2,1-2H3/t12-,14-,15-,16-/m1/s1. The van der Waals surface area contributed by atoms with E-state index in [1.807, 2.05) is 19.2 Å². The average Bonchev–Trinajstić information content (AvgIpc) is 2.47. The van der Waals surface area contributed by atoms with Crippen molar-refractivity contribution in [1.82, 2.24) is 4.90 Å². The number of piperidine rings is 1. The Morgan fingerprint density at radius 1 is 1.36 bits per heavy atom. The van der Waals surface area contributed by atoms with Crippen LogP contribution in [0, 0.1) is 5.92 Å². The summed E-state index contributed by atoms with van der Waals surface area (Å²) >= 11 is 0. The molecule has 122 valence electrons. The molecule has 1 N–H and O–H groups in total. The van der Waals surface area contributed by atoms with Crippen molar-refractivity contribution in [2.75, 3.05) is 26.5 Å². The summed E-state index contributed by atoms with van der Waals surface area (Å²) in [7, 11) is -1.44. The zero-order valence-corrected chi connectivity index (χ0v) is 13.8.